The minimum Gasteiger partial charge on any atom is -0.350 e. The first-order valence-corrected chi connectivity index (χ1v) is 10.1. The van der Waals surface area contributed by atoms with Gasteiger partial charge < -0.3 is 5.32 Å². The number of hydrogen-bond donors (Lipinski definition) is 1. The monoisotopic (exact) mass is 376 g/mol. The van der Waals surface area contributed by atoms with Gasteiger partial charge in [-0.3, -0.25) is 14.3 Å². The summed E-state index contributed by atoms with van der Waals surface area (Å²) < 4.78 is 2.04. The number of nitrogens with one attached hydrogen (secondary N) is 1. The first-order valence-electron chi connectivity index (χ1n) is 10.1. The number of aromatic nitrogens is 2. The molecule has 1 aliphatic rings. The van der Waals surface area contributed by atoms with Crippen molar-refractivity contribution in [2.45, 2.75) is 38.6 Å². The van der Waals surface area contributed by atoms with Crippen molar-refractivity contribution in [2.24, 2.45) is 0 Å². The van der Waals surface area contributed by atoms with Crippen molar-refractivity contribution in [3.8, 4) is 5.69 Å². The molecule has 0 unspecified atom stereocenters. The second-order valence-corrected chi connectivity index (χ2v) is 8.19. The van der Waals surface area contributed by atoms with Crippen molar-refractivity contribution < 1.29 is 4.79 Å². The highest BCUT2D eigenvalue weighted by Gasteiger charge is 2.28. The Hall–Kier alpha value is -2.66. The lowest BCUT2D eigenvalue weighted by molar-refractivity contribution is 0.0797. The molecule has 0 bridgehead atoms. The molecule has 5 heteroatoms. The van der Waals surface area contributed by atoms with E-state index < -0.39 is 0 Å². The number of rotatable bonds is 5. The van der Waals surface area contributed by atoms with Crippen molar-refractivity contribution in [3.05, 3.63) is 60.4 Å². The minimum atomic E-state index is -0.0221. The van der Waals surface area contributed by atoms with E-state index in [9.17, 15) is 4.79 Å². The van der Waals surface area contributed by atoms with Gasteiger partial charge in [0.2, 0.25) is 0 Å². The largest absolute Gasteiger partial charge is 0.350 e. The normalized spacial score (nSPS) is 15.6. The molecule has 146 valence electrons. The number of carbonyl (C=O) groups excluding carboxylic acids is 1. The van der Waals surface area contributed by atoms with E-state index in [0.29, 0.717) is 12.1 Å². The van der Waals surface area contributed by atoms with Gasteiger partial charge in [-0.15, -0.1) is 0 Å². The first kappa shape index (κ1) is 18.7. The summed E-state index contributed by atoms with van der Waals surface area (Å²) in [6.45, 7) is 7.32. The molecule has 0 aliphatic carbocycles. The molecule has 1 N–H and O–H groups in total. The van der Waals surface area contributed by atoms with E-state index in [4.69, 9.17) is 0 Å². The van der Waals surface area contributed by atoms with Gasteiger partial charge in [-0.25, -0.2) is 4.98 Å². The third-order valence-electron chi connectivity index (χ3n) is 5.75. The van der Waals surface area contributed by atoms with Crippen molar-refractivity contribution in [1.82, 2.24) is 19.8 Å². The number of benzene rings is 2. The Kier molecular flexibility index (Phi) is 5.18. The predicted molar refractivity (Wildman–Crippen MR) is 113 cm³/mol. The van der Waals surface area contributed by atoms with Gasteiger partial charge in [0, 0.05) is 23.3 Å². The number of para-hydroxylation sites is 2. The third-order valence-corrected chi connectivity index (χ3v) is 5.75. The number of likely N-dealkylation sites (tertiary alicyclic amines) is 1. The second-order valence-electron chi connectivity index (χ2n) is 8.19. The SMILES string of the molecule is CC(C)(CNC(=O)c1ccc(-n2cnc3ccccc32)cc1)N1CCCCC1. The van der Waals surface area contributed by atoms with Gasteiger partial charge >= 0.3 is 0 Å². The number of carbonyl (C=O) groups is 1. The Labute approximate surface area is 166 Å². The summed E-state index contributed by atoms with van der Waals surface area (Å²) in [4.78, 5) is 19.6. The van der Waals surface area contributed by atoms with E-state index in [-0.39, 0.29) is 11.4 Å². The fourth-order valence-electron chi connectivity index (χ4n) is 3.95. The molecule has 1 fully saturated rings. The molecule has 3 aromatic rings. The van der Waals surface area contributed by atoms with Crippen molar-refractivity contribution in [2.75, 3.05) is 19.6 Å². The molecule has 1 amide bonds. The van der Waals surface area contributed by atoms with E-state index in [1.165, 1.54) is 19.3 Å². The summed E-state index contributed by atoms with van der Waals surface area (Å²) in [7, 11) is 0. The van der Waals surface area contributed by atoms with Gasteiger partial charge in [0.25, 0.3) is 5.91 Å². The molecular weight excluding hydrogens is 348 g/mol. The van der Waals surface area contributed by atoms with E-state index in [2.05, 4.69) is 29.0 Å². The van der Waals surface area contributed by atoms with Crippen LogP contribution in [-0.2, 0) is 0 Å². The standard InChI is InChI=1S/C23H28N4O/c1-23(2,26-14-6-3-7-15-26)16-24-22(28)18-10-12-19(13-11-18)27-17-25-20-8-4-5-9-21(20)27/h4-5,8-13,17H,3,6-7,14-16H2,1-2H3,(H,24,28). The molecule has 0 radical (unpaired) electrons. The Balaban J connectivity index is 1.43. The Morgan fingerprint density at radius 2 is 1.75 bits per heavy atom. The van der Waals surface area contributed by atoms with Gasteiger partial charge in [0.05, 0.1) is 11.0 Å². The fourth-order valence-corrected chi connectivity index (χ4v) is 3.95. The van der Waals surface area contributed by atoms with Gasteiger partial charge in [0.15, 0.2) is 0 Å². The third kappa shape index (κ3) is 3.80. The van der Waals surface area contributed by atoms with Crippen molar-refractivity contribution in [3.63, 3.8) is 0 Å². The van der Waals surface area contributed by atoms with Crippen LogP contribution in [0.3, 0.4) is 0 Å². The number of piperidine rings is 1. The van der Waals surface area contributed by atoms with Crippen LogP contribution < -0.4 is 5.32 Å². The molecule has 0 saturated carbocycles. The average molecular weight is 377 g/mol. The van der Waals surface area contributed by atoms with E-state index in [1.54, 1.807) is 0 Å². The van der Waals surface area contributed by atoms with Crippen LogP contribution in [0.25, 0.3) is 16.7 Å². The second kappa shape index (κ2) is 7.76. The topological polar surface area (TPSA) is 50.2 Å². The van der Waals surface area contributed by atoms with Crippen LogP contribution in [0, 0.1) is 0 Å². The average Bonchev–Trinajstić information content (AvgIpc) is 3.17. The molecule has 1 aliphatic heterocycles. The molecule has 28 heavy (non-hydrogen) atoms. The van der Waals surface area contributed by atoms with Gasteiger partial charge in [-0.2, -0.15) is 0 Å². The fraction of sp³-hybridized carbons (Fsp3) is 0.391. The van der Waals surface area contributed by atoms with E-state index in [0.717, 1.165) is 29.8 Å². The smallest absolute Gasteiger partial charge is 0.251 e. The first-order chi connectivity index (χ1) is 13.5. The predicted octanol–water partition coefficient (Wildman–Crippen LogP) is 4.02. The Morgan fingerprint density at radius 1 is 1.04 bits per heavy atom. The summed E-state index contributed by atoms with van der Waals surface area (Å²) in [5.74, 6) is -0.0212. The van der Waals surface area contributed by atoms with Crippen molar-refractivity contribution in [1.29, 1.82) is 0 Å². The number of hydrogen-bond acceptors (Lipinski definition) is 3. The molecule has 2 aromatic carbocycles. The highest BCUT2D eigenvalue weighted by Crippen LogP contribution is 2.21. The number of imidazole rings is 1. The van der Waals surface area contributed by atoms with Crippen LogP contribution in [0.1, 0.15) is 43.5 Å². The van der Waals surface area contributed by atoms with Crippen LogP contribution >= 0.6 is 0 Å². The van der Waals surface area contributed by atoms with Crippen LogP contribution in [0.2, 0.25) is 0 Å². The Bertz CT molecular complexity index is 952. The molecule has 1 saturated heterocycles. The molecule has 4 rings (SSSR count). The van der Waals surface area contributed by atoms with Crippen molar-refractivity contribution >= 4 is 16.9 Å². The summed E-state index contributed by atoms with van der Waals surface area (Å²) in [5, 5.41) is 3.12. The zero-order chi connectivity index (χ0) is 19.6. The Morgan fingerprint density at radius 3 is 2.50 bits per heavy atom. The van der Waals surface area contributed by atoms with Crippen LogP contribution in [0.5, 0.6) is 0 Å². The van der Waals surface area contributed by atoms with Gasteiger partial charge in [0.1, 0.15) is 6.33 Å². The van der Waals surface area contributed by atoms with Crippen LogP contribution in [-0.4, -0.2) is 45.5 Å². The summed E-state index contributed by atoms with van der Waals surface area (Å²) >= 11 is 0. The highest BCUT2D eigenvalue weighted by molar-refractivity contribution is 5.94. The minimum absolute atomic E-state index is 0.0212. The number of fused-ring (bicyclic) bond motifs is 1. The highest BCUT2D eigenvalue weighted by atomic mass is 16.1. The maximum Gasteiger partial charge on any atom is 0.251 e. The van der Waals surface area contributed by atoms with E-state index >= 15 is 0 Å². The van der Waals surface area contributed by atoms with E-state index in [1.807, 2.05) is 59.4 Å². The number of nitrogens with zero attached hydrogens (tertiary/aromatic N) is 3. The summed E-state index contributed by atoms with van der Waals surface area (Å²) in [6, 6.07) is 15.7. The van der Waals surface area contributed by atoms with Gasteiger partial charge in [-0.05, 0) is 76.2 Å². The zero-order valence-corrected chi connectivity index (χ0v) is 16.7. The maximum absolute atomic E-state index is 12.6. The molecule has 5 nitrogen and oxygen atoms in total. The lowest BCUT2D eigenvalue weighted by atomic mass is 9.98. The zero-order valence-electron chi connectivity index (χ0n) is 16.7. The molecular formula is C23H28N4O. The lowest BCUT2D eigenvalue weighted by Gasteiger charge is -2.41. The molecule has 0 atom stereocenters. The quantitative estimate of drug-likeness (QED) is 0.732. The maximum atomic E-state index is 12.6. The van der Waals surface area contributed by atoms with Crippen LogP contribution in [0.4, 0.5) is 0 Å². The summed E-state index contributed by atoms with van der Waals surface area (Å²) in [5.41, 5.74) is 3.68. The van der Waals surface area contributed by atoms with Gasteiger partial charge in [-0.1, -0.05) is 18.6 Å². The molecule has 0 spiro atoms. The molecule has 1 aromatic heterocycles. The number of amides is 1. The summed E-state index contributed by atoms with van der Waals surface area (Å²) in [6.07, 6.45) is 5.64. The molecule has 2 heterocycles. The lowest BCUT2D eigenvalue weighted by Crippen LogP contribution is -2.53. The van der Waals surface area contributed by atoms with Crippen LogP contribution in [0.15, 0.2) is 54.9 Å².